The molecule has 1 heterocycles. The first kappa shape index (κ1) is 28.6. The Kier molecular flexibility index (Phi) is 6.36. The number of nitrogens with zero attached hydrogens (tertiary/aromatic N) is 1. The van der Waals surface area contributed by atoms with E-state index in [1.54, 1.807) is 0 Å². The van der Waals surface area contributed by atoms with E-state index in [9.17, 15) is 0 Å². The van der Waals surface area contributed by atoms with Gasteiger partial charge in [-0.3, -0.25) is 0 Å². The van der Waals surface area contributed by atoms with Gasteiger partial charge in [0.2, 0.25) is 0 Å². The molecule has 1 nitrogen and oxygen atoms in total. The summed E-state index contributed by atoms with van der Waals surface area (Å²) in [6.45, 7) is 7.17. The number of para-hydroxylation sites is 1. The Morgan fingerprint density at radius 3 is 1.73 bits per heavy atom. The van der Waals surface area contributed by atoms with Crippen LogP contribution in [-0.2, 0) is 10.8 Å². The van der Waals surface area contributed by atoms with Crippen molar-refractivity contribution in [2.45, 2.75) is 31.6 Å². The SMILES string of the molecule is CC1(C)c2ccccc2N(c2ccc(-c3ccccc3)cc2)c2ccc(-c3cccc4c3C(C)(c3ccccc3)c3ccccc3-4)cc21. The van der Waals surface area contributed by atoms with Crippen LogP contribution < -0.4 is 4.90 Å². The number of fused-ring (bicyclic) bond motifs is 5. The van der Waals surface area contributed by atoms with Crippen LogP contribution in [0, 0.1) is 0 Å². The quantitative estimate of drug-likeness (QED) is 0.190. The van der Waals surface area contributed by atoms with Gasteiger partial charge in [0.25, 0.3) is 0 Å². The molecule has 1 aliphatic heterocycles. The predicted octanol–water partition coefficient (Wildman–Crippen LogP) is 12.5. The summed E-state index contributed by atoms with van der Waals surface area (Å²) in [7, 11) is 0. The van der Waals surface area contributed by atoms with Gasteiger partial charge >= 0.3 is 0 Å². The molecule has 0 saturated heterocycles. The topological polar surface area (TPSA) is 3.24 Å². The molecule has 1 atom stereocenters. The van der Waals surface area contributed by atoms with Gasteiger partial charge in [0.05, 0.1) is 11.4 Å². The second-order valence-electron chi connectivity index (χ2n) is 13.9. The van der Waals surface area contributed by atoms with Crippen molar-refractivity contribution in [3.05, 3.63) is 198 Å². The van der Waals surface area contributed by atoms with Crippen LogP contribution in [0.3, 0.4) is 0 Å². The minimum atomic E-state index is -0.270. The molecule has 0 radical (unpaired) electrons. The van der Waals surface area contributed by atoms with E-state index >= 15 is 0 Å². The molecule has 1 aliphatic carbocycles. The van der Waals surface area contributed by atoms with Crippen molar-refractivity contribution in [3.63, 3.8) is 0 Å². The second-order valence-corrected chi connectivity index (χ2v) is 13.9. The third-order valence-corrected chi connectivity index (χ3v) is 10.9. The maximum atomic E-state index is 2.47. The van der Waals surface area contributed by atoms with Crippen LogP contribution in [-0.4, -0.2) is 0 Å². The molecule has 1 unspecified atom stereocenters. The lowest BCUT2D eigenvalue weighted by atomic mass is 9.70. The molecule has 7 aromatic rings. The van der Waals surface area contributed by atoms with Crippen molar-refractivity contribution >= 4 is 17.1 Å². The summed E-state index contributed by atoms with van der Waals surface area (Å²) < 4.78 is 0. The van der Waals surface area contributed by atoms with E-state index in [4.69, 9.17) is 0 Å². The summed E-state index contributed by atoms with van der Waals surface area (Å²) in [5.41, 5.74) is 17.6. The number of hydrogen-bond donors (Lipinski definition) is 0. The Labute approximate surface area is 283 Å². The monoisotopic (exact) mass is 615 g/mol. The van der Waals surface area contributed by atoms with Crippen molar-refractivity contribution in [3.8, 4) is 33.4 Å². The summed E-state index contributed by atoms with van der Waals surface area (Å²) in [6.07, 6.45) is 0. The van der Waals surface area contributed by atoms with Gasteiger partial charge in [0.15, 0.2) is 0 Å². The molecular formula is C47H37N. The van der Waals surface area contributed by atoms with Gasteiger partial charge in [-0.15, -0.1) is 0 Å². The third kappa shape index (κ3) is 4.10. The van der Waals surface area contributed by atoms with Gasteiger partial charge in [-0.05, 0) is 98.5 Å². The zero-order chi connectivity index (χ0) is 32.5. The lowest BCUT2D eigenvalue weighted by molar-refractivity contribution is 0.632. The first-order chi connectivity index (χ1) is 23.5. The highest BCUT2D eigenvalue weighted by Crippen LogP contribution is 2.57. The Balaban J connectivity index is 1.23. The van der Waals surface area contributed by atoms with E-state index in [1.165, 1.54) is 78.3 Å². The van der Waals surface area contributed by atoms with Gasteiger partial charge < -0.3 is 4.90 Å². The molecular weight excluding hydrogens is 579 g/mol. The fraction of sp³-hybridized carbons (Fsp3) is 0.106. The average molecular weight is 616 g/mol. The number of hydrogen-bond acceptors (Lipinski definition) is 1. The predicted molar refractivity (Wildman–Crippen MR) is 202 cm³/mol. The molecule has 0 saturated carbocycles. The first-order valence-corrected chi connectivity index (χ1v) is 17.0. The molecule has 9 rings (SSSR count). The molecule has 1 heteroatoms. The van der Waals surface area contributed by atoms with E-state index in [1.807, 2.05) is 0 Å². The van der Waals surface area contributed by atoms with Crippen LogP contribution in [0.2, 0.25) is 0 Å². The van der Waals surface area contributed by atoms with E-state index in [-0.39, 0.29) is 10.8 Å². The number of anilines is 3. The number of rotatable bonds is 4. The molecule has 48 heavy (non-hydrogen) atoms. The van der Waals surface area contributed by atoms with Gasteiger partial charge in [0.1, 0.15) is 0 Å². The van der Waals surface area contributed by atoms with Crippen molar-refractivity contribution in [1.29, 1.82) is 0 Å². The third-order valence-electron chi connectivity index (χ3n) is 10.9. The molecule has 0 spiro atoms. The maximum absolute atomic E-state index is 2.47. The zero-order valence-electron chi connectivity index (χ0n) is 27.6. The number of benzene rings is 7. The standard InChI is InChI=1S/C47H37N/c1-46(2)41-23-12-13-24-43(41)48(36-28-25-33(26-29-36)32-15-6-4-7-16-32)44-30-27-34(31-42(44)46)37-20-14-21-39-38-19-10-11-22-40(38)47(3,45(37)39)35-17-8-5-9-18-35/h4-31H,1-3H3. The Hall–Kier alpha value is -5.66. The molecule has 0 aromatic heterocycles. The molecule has 0 amide bonds. The van der Waals surface area contributed by atoms with Gasteiger partial charge in [-0.1, -0.05) is 153 Å². The van der Waals surface area contributed by atoms with Crippen molar-refractivity contribution in [2.24, 2.45) is 0 Å². The zero-order valence-corrected chi connectivity index (χ0v) is 27.6. The van der Waals surface area contributed by atoms with Crippen LogP contribution in [0.15, 0.2) is 170 Å². The highest BCUT2D eigenvalue weighted by atomic mass is 15.2. The summed E-state index contributed by atoms with van der Waals surface area (Å²) in [5, 5.41) is 0. The summed E-state index contributed by atoms with van der Waals surface area (Å²) >= 11 is 0. The molecule has 0 fully saturated rings. The van der Waals surface area contributed by atoms with Crippen molar-refractivity contribution in [2.75, 3.05) is 4.90 Å². The maximum Gasteiger partial charge on any atom is 0.0503 e. The van der Waals surface area contributed by atoms with Crippen LogP contribution in [0.1, 0.15) is 48.6 Å². The molecule has 0 N–H and O–H groups in total. The van der Waals surface area contributed by atoms with Crippen LogP contribution in [0.25, 0.3) is 33.4 Å². The molecule has 2 aliphatic rings. The summed E-state index contributed by atoms with van der Waals surface area (Å²) in [5.74, 6) is 0. The molecule has 0 bridgehead atoms. The van der Waals surface area contributed by atoms with Gasteiger partial charge in [0, 0.05) is 16.5 Å². The second kappa shape index (κ2) is 10.7. The van der Waals surface area contributed by atoms with Crippen molar-refractivity contribution < 1.29 is 0 Å². The summed E-state index contributed by atoms with van der Waals surface area (Å²) in [4.78, 5) is 2.45. The Bertz CT molecular complexity index is 2310. The van der Waals surface area contributed by atoms with E-state index in [0.29, 0.717) is 0 Å². The van der Waals surface area contributed by atoms with Crippen LogP contribution in [0.5, 0.6) is 0 Å². The minimum Gasteiger partial charge on any atom is -0.310 e. The lowest BCUT2D eigenvalue weighted by Gasteiger charge is -2.42. The normalized spacial score (nSPS) is 16.9. The average Bonchev–Trinajstić information content (AvgIpc) is 3.42. The summed E-state index contributed by atoms with van der Waals surface area (Å²) in [6, 6.07) is 62.6. The van der Waals surface area contributed by atoms with E-state index in [0.717, 1.165) is 0 Å². The lowest BCUT2D eigenvalue weighted by Crippen LogP contribution is -2.30. The Morgan fingerprint density at radius 1 is 0.396 bits per heavy atom. The highest BCUT2D eigenvalue weighted by molar-refractivity contribution is 5.92. The highest BCUT2D eigenvalue weighted by Gasteiger charge is 2.43. The fourth-order valence-corrected chi connectivity index (χ4v) is 8.50. The molecule has 230 valence electrons. The van der Waals surface area contributed by atoms with Crippen LogP contribution >= 0.6 is 0 Å². The largest absolute Gasteiger partial charge is 0.310 e. The van der Waals surface area contributed by atoms with Gasteiger partial charge in [-0.2, -0.15) is 0 Å². The van der Waals surface area contributed by atoms with Crippen LogP contribution in [0.4, 0.5) is 17.1 Å². The van der Waals surface area contributed by atoms with E-state index in [2.05, 4.69) is 196 Å². The molecule has 7 aromatic carbocycles. The van der Waals surface area contributed by atoms with Gasteiger partial charge in [-0.25, -0.2) is 0 Å². The Morgan fingerprint density at radius 2 is 0.958 bits per heavy atom. The fourth-order valence-electron chi connectivity index (χ4n) is 8.50. The first-order valence-electron chi connectivity index (χ1n) is 17.0. The van der Waals surface area contributed by atoms with E-state index < -0.39 is 0 Å². The van der Waals surface area contributed by atoms with Crippen molar-refractivity contribution in [1.82, 2.24) is 0 Å². The minimum absolute atomic E-state index is 0.188. The smallest absolute Gasteiger partial charge is 0.0503 e.